The Labute approximate surface area is 119 Å². The van der Waals surface area contributed by atoms with E-state index in [4.69, 9.17) is 9.84 Å². The van der Waals surface area contributed by atoms with Gasteiger partial charge in [0.2, 0.25) is 0 Å². The molecule has 20 heavy (non-hydrogen) atoms. The molecule has 0 radical (unpaired) electrons. The second kappa shape index (κ2) is 6.32. The Balaban J connectivity index is 2.83. The van der Waals surface area contributed by atoms with Crippen LogP contribution in [-0.2, 0) is 11.5 Å². The quantitative estimate of drug-likeness (QED) is 0.475. The van der Waals surface area contributed by atoms with Crippen molar-refractivity contribution in [2.45, 2.75) is 46.3 Å². The molecule has 1 heterocycles. The summed E-state index contributed by atoms with van der Waals surface area (Å²) < 4.78 is 7.10. The number of rotatable bonds is 7. The third-order valence-electron chi connectivity index (χ3n) is 2.96. The average molecular weight is 298 g/mol. The van der Waals surface area contributed by atoms with Crippen LogP contribution in [0, 0.1) is 6.92 Å². The third-order valence-corrected chi connectivity index (χ3v) is 4.66. The molecule has 0 aliphatic carbocycles. The lowest BCUT2D eigenvalue weighted by Crippen LogP contribution is -2.22. The number of hydrogen-bond acceptors (Lipinski definition) is 4. The number of carboxylic acid groups (broad SMARTS) is 1. The maximum absolute atomic E-state index is 11.5. The molecule has 0 fully saturated rings. The summed E-state index contributed by atoms with van der Waals surface area (Å²) in [5.74, 6) is -1.27. The highest BCUT2D eigenvalue weighted by molar-refractivity contribution is 6.76. The molecule has 0 atom stereocenters. The maximum Gasteiger partial charge on any atom is 0.356 e. The number of imidazole rings is 1. The van der Waals surface area contributed by atoms with Gasteiger partial charge in [-0.15, -0.1) is 0 Å². The van der Waals surface area contributed by atoms with E-state index in [2.05, 4.69) is 24.6 Å². The van der Waals surface area contributed by atoms with Gasteiger partial charge in [0.15, 0.2) is 17.3 Å². The van der Waals surface area contributed by atoms with Crippen molar-refractivity contribution in [2.75, 3.05) is 6.61 Å². The molecule has 1 N–H and O–H groups in total. The molecule has 7 heteroatoms. The normalized spacial score (nSPS) is 11.7. The topological polar surface area (TPSA) is 81.4 Å². The number of ketones is 1. The fraction of sp³-hybridized carbons (Fsp3) is 0.615. The predicted molar refractivity (Wildman–Crippen MR) is 78.0 cm³/mol. The Morgan fingerprint density at radius 3 is 2.40 bits per heavy atom. The summed E-state index contributed by atoms with van der Waals surface area (Å²) in [7, 11) is -1.17. The Morgan fingerprint density at radius 2 is 1.95 bits per heavy atom. The second-order valence-electron chi connectivity index (χ2n) is 6.01. The van der Waals surface area contributed by atoms with Gasteiger partial charge in [0.1, 0.15) is 6.73 Å². The number of carbonyl (C=O) groups excluding carboxylic acids is 1. The molecule has 0 saturated heterocycles. The summed E-state index contributed by atoms with van der Waals surface area (Å²) in [6.07, 6.45) is 0. The number of aromatic nitrogens is 2. The zero-order valence-corrected chi connectivity index (χ0v) is 13.7. The highest BCUT2D eigenvalue weighted by atomic mass is 28.3. The van der Waals surface area contributed by atoms with Crippen LogP contribution in [0.5, 0.6) is 0 Å². The lowest BCUT2D eigenvalue weighted by Gasteiger charge is -2.16. The molecule has 1 aromatic heterocycles. The zero-order chi connectivity index (χ0) is 15.5. The van der Waals surface area contributed by atoms with Crippen LogP contribution in [0.25, 0.3) is 0 Å². The van der Waals surface area contributed by atoms with Crippen molar-refractivity contribution in [3.63, 3.8) is 0 Å². The van der Waals surface area contributed by atoms with Crippen molar-refractivity contribution in [1.29, 1.82) is 0 Å². The number of hydrogen-bond donors (Lipinski definition) is 1. The van der Waals surface area contributed by atoms with E-state index in [1.165, 1.54) is 11.5 Å². The van der Waals surface area contributed by atoms with Gasteiger partial charge in [-0.25, -0.2) is 9.78 Å². The number of Topliss-reactive ketones (excluding diaryl/α,β-unsaturated/α-hetero) is 1. The standard InChI is InChI=1S/C13H22N2O4Si/c1-9-11(13(17)18)14-12(10(2)16)15(9)8-19-6-7-20(3,4)5/h6-8H2,1-5H3,(H,17,18). The molecule has 1 aromatic rings. The highest BCUT2D eigenvalue weighted by Crippen LogP contribution is 2.13. The molecule has 0 spiro atoms. The van der Waals surface area contributed by atoms with E-state index in [1.807, 2.05) is 0 Å². The van der Waals surface area contributed by atoms with Gasteiger partial charge in [0.25, 0.3) is 0 Å². The van der Waals surface area contributed by atoms with Gasteiger partial charge < -0.3 is 14.4 Å². The van der Waals surface area contributed by atoms with Crippen molar-refractivity contribution >= 4 is 19.8 Å². The largest absolute Gasteiger partial charge is 0.476 e. The Kier molecular flexibility index (Phi) is 5.24. The second-order valence-corrected chi connectivity index (χ2v) is 11.6. The minimum Gasteiger partial charge on any atom is -0.476 e. The SMILES string of the molecule is CC(=O)c1nc(C(=O)O)c(C)n1COCC[Si](C)(C)C. The summed E-state index contributed by atoms with van der Waals surface area (Å²) in [5, 5.41) is 9.04. The van der Waals surface area contributed by atoms with Crippen molar-refractivity contribution in [1.82, 2.24) is 9.55 Å². The van der Waals surface area contributed by atoms with Crippen LogP contribution < -0.4 is 0 Å². The molecule has 0 aliphatic rings. The van der Waals surface area contributed by atoms with E-state index in [0.29, 0.717) is 12.3 Å². The van der Waals surface area contributed by atoms with Crippen molar-refractivity contribution in [2.24, 2.45) is 0 Å². The molecule has 6 nitrogen and oxygen atoms in total. The third kappa shape index (κ3) is 4.28. The Hall–Kier alpha value is -1.47. The first-order valence-corrected chi connectivity index (χ1v) is 10.2. The van der Waals surface area contributed by atoms with E-state index >= 15 is 0 Å². The molecule has 0 aromatic carbocycles. The number of aromatic carboxylic acids is 1. The highest BCUT2D eigenvalue weighted by Gasteiger charge is 2.21. The molecule has 0 amide bonds. The van der Waals surface area contributed by atoms with Gasteiger partial charge in [0, 0.05) is 21.6 Å². The minimum atomic E-state index is -1.17. The fourth-order valence-corrected chi connectivity index (χ4v) is 2.45. The number of carboxylic acids is 1. The van der Waals surface area contributed by atoms with Crippen molar-refractivity contribution in [3.05, 3.63) is 17.2 Å². The van der Waals surface area contributed by atoms with E-state index in [-0.39, 0.29) is 24.0 Å². The Bertz CT molecular complexity index is 517. The summed E-state index contributed by atoms with van der Waals surface area (Å²) in [4.78, 5) is 26.4. The van der Waals surface area contributed by atoms with Crippen LogP contribution >= 0.6 is 0 Å². The van der Waals surface area contributed by atoms with E-state index in [1.54, 1.807) is 6.92 Å². The Morgan fingerprint density at radius 1 is 1.35 bits per heavy atom. The van der Waals surface area contributed by atoms with Crippen molar-refractivity contribution < 1.29 is 19.4 Å². The molecule has 0 unspecified atom stereocenters. The fourth-order valence-electron chi connectivity index (χ4n) is 1.70. The first-order valence-electron chi connectivity index (χ1n) is 6.52. The molecule has 1 rings (SSSR count). The molecular weight excluding hydrogens is 276 g/mol. The van der Waals surface area contributed by atoms with Gasteiger partial charge in [-0.3, -0.25) is 4.79 Å². The lowest BCUT2D eigenvalue weighted by molar-refractivity contribution is 0.0687. The molecule has 0 bridgehead atoms. The van der Waals surface area contributed by atoms with E-state index in [0.717, 1.165) is 6.04 Å². The van der Waals surface area contributed by atoms with Gasteiger partial charge >= 0.3 is 5.97 Å². The van der Waals surface area contributed by atoms with Crippen LogP contribution in [0.3, 0.4) is 0 Å². The summed E-state index contributed by atoms with van der Waals surface area (Å²) in [6, 6.07) is 1.02. The molecular formula is C13H22N2O4Si. The average Bonchev–Trinajstić information content (AvgIpc) is 2.61. The van der Waals surface area contributed by atoms with Gasteiger partial charge in [-0.1, -0.05) is 19.6 Å². The van der Waals surface area contributed by atoms with Crippen LogP contribution in [0.1, 0.15) is 33.7 Å². The minimum absolute atomic E-state index is 0.0935. The summed E-state index contributed by atoms with van der Waals surface area (Å²) in [5.41, 5.74) is 0.347. The monoisotopic (exact) mass is 298 g/mol. The summed E-state index contributed by atoms with van der Waals surface area (Å²) >= 11 is 0. The molecule has 0 aliphatic heterocycles. The predicted octanol–water partition coefficient (Wildman–Crippen LogP) is 2.40. The van der Waals surface area contributed by atoms with Crippen molar-refractivity contribution in [3.8, 4) is 0 Å². The van der Waals surface area contributed by atoms with E-state index in [9.17, 15) is 9.59 Å². The van der Waals surface area contributed by atoms with Gasteiger partial charge in [-0.05, 0) is 13.0 Å². The molecule has 112 valence electrons. The lowest BCUT2D eigenvalue weighted by atomic mass is 10.3. The zero-order valence-electron chi connectivity index (χ0n) is 12.7. The number of nitrogens with zero attached hydrogens (tertiary/aromatic N) is 2. The van der Waals surface area contributed by atoms with Crippen LogP contribution in [0.2, 0.25) is 25.7 Å². The maximum atomic E-state index is 11.5. The number of ether oxygens (including phenoxy) is 1. The van der Waals surface area contributed by atoms with Crippen LogP contribution in [0.15, 0.2) is 0 Å². The smallest absolute Gasteiger partial charge is 0.356 e. The number of carbonyl (C=O) groups is 2. The van der Waals surface area contributed by atoms with Crippen LogP contribution in [0.4, 0.5) is 0 Å². The summed E-state index contributed by atoms with van der Waals surface area (Å²) in [6.45, 7) is 10.5. The van der Waals surface area contributed by atoms with Gasteiger partial charge in [0.05, 0.1) is 5.69 Å². The molecule has 0 saturated carbocycles. The van der Waals surface area contributed by atoms with Gasteiger partial charge in [-0.2, -0.15) is 0 Å². The first kappa shape index (κ1) is 16.6. The van der Waals surface area contributed by atoms with Crippen LogP contribution in [-0.4, -0.2) is 41.1 Å². The van der Waals surface area contributed by atoms with E-state index < -0.39 is 14.0 Å². The first-order chi connectivity index (χ1) is 9.13.